The second-order valence-electron chi connectivity index (χ2n) is 3.02. The summed E-state index contributed by atoms with van der Waals surface area (Å²) < 4.78 is 4.96. The van der Waals surface area contributed by atoms with Crippen LogP contribution in [0.1, 0.15) is 17.3 Å². The number of carbonyl (C=O) groups excluding carboxylic acids is 1. The largest absolute Gasteiger partial charge is 0.494 e. The molecule has 0 aliphatic heterocycles. The Morgan fingerprint density at radius 1 is 1.44 bits per heavy atom. The van der Waals surface area contributed by atoms with E-state index in [0.717, 1.165) is 0 Å². The minimum Gasteiger partial charge on any atom is -0.494 e. The summed E-state index contributed by atoms with van der Waals surface area (Å²) in [5, 5.41) is 11.6. The number of carbonyl (C=O) groups is 2. The minimum absolute atomic E-state index is 0.104. The van der Waals surface area contributed by atoms with Gasteiger partial charge in [-0.1, -0.05) is 11.6 Å². The van der Waals surface area contributed by atoms with Gasteiger partial charge in [0.2, 0.25) is 5.91 Å². The first-order valence-corrected chi connectivity index (χ1v) is 4.72. The first-order valence-electron chi connectivity index (χ1n) is 4.34. The van der Waals surface area contributed by atoms with Gasteiger partial charge in [-0.15, -0.1) is 0 Å². The summed E-state index contributed by atoms with van der Waals surface area (Å²) in [6.07, 6.45) is 0. The van der Waals surface area contributed by atoms with Crippen molar-refractivity contribution in [2.75, 3.05) is 12.4 Å². The van der Waals surface area contributed by atoms with Gasteiger partial charge in [-0.2, -0.15) is 0 Å². The fraction of sp³-hybridized carbons (Fsp3) is 0.200. The predicted octanol–water partition coefficient (Wildman–Crippen LogP) is 2.01. The van der Waals surface area contributed by atoms with E-state index in [1.165, 1.54) is 26.2 Å². The maximum absolute atomic E-state index is 11.0. The third-order valence-corrected chi connectivity index (χ3v) is 2.04. The highest BCUT2D eigenvalue weighted by molar-refractivity contribution is 6.31. The van der Waals surface area contributed by atoms with Crippen molar-refractivity contribution in [2.45, 2.75) is 6.92 Å². The van der Waals surface area contributed by atoms with Crippen LogP contribution in [0.15, 0.2) is 12.1 Å². The van der Waals surface area contributed by atoms with Crippen LogP contribution in [0.5, 0.6) is 5.75 Å². The highest BCUT2D eigenvalue weighted by Crippen LogP contribution is 2.32. The Hall–Kier alpha value is -1.75. The predicted molar refractivity (Wildman–Crippen MR) is 59.3 cm³/mol. The molecule has 1 rings (SSSR count). The highest BCUT2D eigenvalue weighted by Gasteiger charge is 2.17. The molecule has 86 valence electrons. The number of carboxylic acids is 1. The average molecular weight is 244 g/mol. The monoisotopic (exact) mass is 243 g/mol. The molecule has 2 N–H and O–H groups in total. The minimum atomic E-state index is -1.19. The quantitative estimate of drug-likeness (QED) is 0.851. The van der Waals surface area contributed by atoms with Crippen LogP contribution in [0.25, 0.3) is 0 Å². The number of halogens is 1. The summed E-state index contributed by atoms with van der Waals surface area (Å²) in [5.41, 5.74) is -0.00792. The molecule has 0 spiro atoms. The van der Waals surface area contributed by atoms with Crippen LogP contribution in [0, 0.1) is 0 Å². The molecule has 5 nitrogen and oxygen atoms in total. The van der Waals surface area contributed by atoms with E-state index in [1.54, 1.807) is 0 Å². The Bertz CT molecular complexity index is 445. The van der Waals surface area contributed by atoms with Gasteiger partial charge in [-0.25, -0.2) is 4.79 Å². The van der Waals surface area contributed by atoms with Crippen LogP contribution in [-0.2, 0) is 4.79 Å². The van der Waals surface area contributed by atoms with Crippen molar-refractivity contribution in [3.8, 4) is 5.75 Å². The number of benzene rings is 1. The molecule has 6 heteroatoms. The lowest BCUT2D eigenvalue weighted by atomic mass is 10.1. The third-order valence-electron chi connectivity index (χ3n) is 1.82. The van der Waals surface area contributed by atoms with Crippen molar-refractivity contribution in [1.82, 2.24) is 0 Å². The van der Waals surface area contributed by atoms with Gasteiger partial charge < -0.3 is 15.2 Å². The van der Waals surface area contributed by atoms with E-state index in [0.29, 0.717) is 0 Å². The lowest BCUT2D eigenvalue weighted by Crippen LogP contribution is -2.12. The van der Waals surface area contributed by atoms with Gasteiger partial charge in [0.1, 0.15) is 5.75 Å². The molecule has 1 amide bonds. The molecule has 1 aromatic rings. The smallest absolute Gasteiger partial charge is 0.338 e. The van der Waals surface area contributed by atoms with E-state index in [-0.39, 0.29) is 27.9 Å². The van der Waals surface area contributed by atoms with Crippen molar-refractivity contribution in [2.24, 2.45) is 0 Å². The molecule has 1 aromatic carbocycles. The molecular weight excluding hydrogens is 234 g/mol. The Morgan fingerprint density at radius 3 is 2.50 bits per heavy atom. The zero-order valence-electron chi connectivity index (χ0n) is 8.70. The molecule has 0 radical (unpaired) electrons. The van der Waals surface area contributed by atoms with Gasteiger partial charge in [-0.3, -0.25) is 4.79 Å². The number of hydrogen-bond donors (Lipinski definition) is 2. The number of aromatic carboxylic acids is 1. The number of anilines is 1. The SMILES string of the molecule is COc1cc(Cl)cc(C(=O)O)c1NC(C)=O. The summed E-state index contributed by atoms with van der Waals surface area (Å²) in [4.78, 5) is 21.9. The van der Waals surface area contributed by atoms with E-state index in [4.69, 9.17) is 21.4 Å². The average Bonchev–Trinajstić information content (AvgIpc) is 2.19. The zero-order chi connectivity index (χ0) is 12.3. The summed E-state index contributed by atoms with van der Waals surface area (Å²) in [7, 11) is 1.36. The van der Waals surface area contributed by atoms with Gasteiger partial charge in [0.25, 0.3) is 0 Å². The number of amides is 1. The first-order chi connectivity index (χ1) is 7.45. The highest BCUT2D eigenvalue weighted by atomic mass is 35.5. The Morgan fingerprint density at radius 2 is 2.06 bits per heavy atom. The molecular formula is C10H10ClNO4. The van der Waals surface area contributed by atoms with Gasteiger partial charge in [-0.05, 0) is 6.07 Å². The van der Waals surface area contributed by atoms with E-state index >= 15 is 0 Å². The molecule has 0 fully saturated rings. The molecule has 16 heavy (non-hydrogen) atoms. The van der Waals surface area contributed by atoms with Crippen molar-refractivity contribution in [3.05, 3.63) is 22.7 Å². The Balaban J connectivity index is 3.38. The van der Waals surface area contributed by atoms with Crippen molar-refractivity contribution >= 4 is 29.2 Å². The van der Waals surface area contributed by atoms with Crippen molar-refractivity contribution in [1.29, 1.82) is 0 Å². The molecule has 0 saturated heterocycles. The van der Waals surface area contributed by atoms with Crippen LogP contribution in [-0.4, -0.2) is 24.1 Å². The van der Waals surface area contributed by atoms with Crippen molar-refractivity contribution < 1.29 is 19.4 Å². The molecule has 0 heterocycles. The van der Waals surface area contributed by atoms with Crippen LogP contribution in [0.3, 0.4) is 0 Å². The molecule has 0 bridgehead atoms. The number of rotatable bonds is 3. The Labute approximate surface area is 97.0 Å². The molecule has 0 unspecified atom stereocenters. The second kappa shape index (κ2) is 4.85. The number of hydrogen-bond acceptors (Lipinski definition) is 3. The third kappa shape index (κ3) is 2.64. The maximum atomic E-state index is 11.0. The van der Waals surface area contributed by atoms with Gasteiger partial charge in [0.15, 0.2) is 0 Å². The molecule has 0 saturated carbocycles. The molecule has 0 atom stereocenters. The standard InChI is InChI=1S/C10H10ClNO4/c1-5(13)12-9-7(10(14)15)3-6(11)4-8(9)16-2/h3-4H,1-2H3,(H,12,13)(H,14,15). The number of ether oxygens (including phenoxy) is 1. The topological polar surface area (TPSA) is 75.6 Å². The Kier molecular flexibility index (Phi) is 3.73. The van der Waals surface area contributed by atoms with E-state index < -0.39 is 5.97 Å². The normalized spacial score (nSPS) is 9.69. The van der Waals surface area contributed by atoms with Crippen molar-refractivity contribution in [3.63, 3.8) is 0 Å². The molecule has 0 aliphatic rings. The van der Waals surface area contributed by atoms with Gasteiger partial charge in [0.05, 0.1) is 18.4 Å². The maximum Gasteiger partial charge on any atom is 0.338 e. The van der Waals surface area contributed by atoms with Crippen LogP contribution < -0.4 is 10.1 Å². The summed E-state index contributed by atoms with van der Waals surface area (Å²) in [6.45, 7) is 1.28. The summed E-state index contributed by atoms with van der Waals surface area (Å²) >= 11 is 5.73. The lowest BCUT2D eigenvalue weighted by Gasteiger charge is -2.12. The van der Waals surface area contributed by atoms with E-state index in [2.05, 4.69) is 5.32 Å². The molecule has 0 aliphatic carbocycles. The number of nitrogens with one attached hydrogen (secondary N) is 1. The fourth-order valence-corrected chi connectivity index (χ4v) is 1.42. The summed E-state index contributed by atoms with van der Waals surface area (Å²) in [6, 6.07) is 2.68. The number of carboxylic acid groups (broad SMARTS) is 1. The van der Waals surface area contributed by atoms with E-state index in [1.807, 2.05) is 0 Å². The first kappa shape index (κ1) is 12.3. The summed E-state index contributed by atoms with van der Waals surface area (Å²) in [5.74, 6) is -1.37. The van der Waals surface area contributed by atoms with Gasteiger partial charge >= 0.3 is 5.97 Å². The fourth-order valence-electron chi connectivity index (χ4n) is 1.22. The second-order valence-corrected chi connectivity index (χ2v) is 3.45. The van der Waals surface area contributed by atoms with Crippen LogP contribution in [0.2, 0.25) is 5.02 Å². The number of methoxy groups -OCH3 is 1. The molecule has 0 aromatic heterocycles. The van der Waals surface area contributed by atoms with E-state index in [9.17, 15) is 9.59 Å². The lowest BCUT2D eigenvalue weighted by molar-refractivity contribution is -0.114. The van der Waals surface area contributed by atoms with Crippen LogP contribution in [0.4, 0.5) is 5.69 Å². The van der Waals surface area contributed by atoms with Gasteiger partial charge in [0, 0.05) is 18.0 Å². The van der Waals surface area contributed by atoms with Crippen LogP contribution >= 0.6 is 11.6 Å². The zero-order valence-corrected chi connectivity index (χ0v) is 9.46.